The number of hydrogen-bond donors (Lipinski definition) is 2. The molecular weight excluding hydrogens is 332 g/mol. The van der Waals surface area contributed by atoms with Crippen LogP contribution in [0, 0.1) is 0 Å². The molecular formula is C20H16N2O4. The normalized spacial score (nSPS) is 17.0. The van der Waals surface area contributed by atoms with Gasteiger partial charge in [0.2, 0.25) is 0 Å². The fourth-order valence-electron chi connectivity index (χ4n) is 3.08. The molecule has 2 aliphatic carbocycles. The number of phenolic OH excluding ortho intramolecular Hbond substituents is 2. The molecule has 0 amide bonds. The van der Waals surface area contributed by atoms with Gasteiger partial charge in [-0.3, -0.25) is 0 Å². The van der Waals surface area contributed by atoms with Gasteiger partial charge in [0.15, 0.2) is 0 Å². The van der Waals surface area contributed by atoms with Crippen LogP contribution >= 0.6 is 0 Å². The number of nitrogens with zero attached hydrogens (tertiary/aromatic N) is 2. The van der Waals surface area contributed by atoms with E-state index in [0.717, 1.165) is 11.1 Å². The second-order valence-electron chi connectivity index (χ2n) is 5.86. The highest BCUT2D eigenvalue weighted by Crippen LogP contribution is 2.35. The second-order valence-corrected chi connectivity index (χ2v) is 5.86. The van der Waals surface area contributed by atoms with Crippen molar-refractivity contribution in [2.75, 3.05) is 14.2 Å². The first kappa shape index (κ1) is 16.0. The number of aromatic hydroxyl groups is 2. The standard InChI is InChI=1S/C20H16N2O4/c1-25-13-7-11-3-5-15(19(11)17(23)9-13)21-22-16-6-4-12-8-14(26-2)10-18(24)20(12)16/h3-10,23-24H,1-2H3/b21-15+,22-16+. The summed E-state index contributed by atoms with van der Waals surface area (Å²) in [5.74, 6) is 1.31. The van der Waals surface area contributed by atoms with Gasteiger partial charge in [-0.1, -0.05) is 12.2 Å². The molecule has 0 radical (unpaired) electrons. The Bertz CT molecular complexity index is 949. The molecule has 0 aromatic heterocycles. The van der Waals surface area contributed by atoms with E-state index in [4.69, 9.17) is 9.47 Å². The van der Waals surface area contributed by atoms with Crippen LogP contribution in [-0.4, -0.2) is 35.9 Å². The van der Waals surface area contributed by atoms with Crippen LogP contribution in [-0.2, 0) is 0 Å². The van der Waals surface area contributed by atoms with Crippen LogP contribution in [0.15, 0.2) is 46.6 Å². The summed E-state index contributed by atoms with van der Waals surface area (Å²) in [6, 6.07) is 6.73. The molecule has 0 bridgehead atoms. The Kier molecular flexibility index (Phi) is 3.73. The lowest BCUT2D eigenvalue weighted by atomic mass is 10.1. The fourth-order valence-corrected chi connectivity index (χ4v) is 3.08. The van der Waals surface area contributed by atoms with Crippen LogP contribution in [0.1, 0.15) is 22.3 Å². The molecule has 0 aliphatic heterocycles. The molecule has 0 atom stereocenters. The van der Waals surface area contributed by atoms with Gasteiger partial charge in [0.05, 0.1) is 36.8 Å². The van der Waals surface area contributed by atoms with E-state index in [-0.39, 0.29) is 11.5 Å². The fraction of sp³-hybridized carbons (Fsp3) is 0.100. The second kappa shape index (κ2) is 6.07. The molecule has 2 N–H and O–H groups in total. The molecule has 130 valence electrons. The molecule has 26 heavy (non-hydrogen) atoms. The molecule has 6 nitrogen and oxygen atoms in total. The first-order valence-corrected chi connectivity index (χ1v) is 7.95. The van der Waals surface area contributed by atoms with Gasteiger partial charge in [-0.05, 0) is 35.4 Å². The van der Waals surface area contributed by atoms with Gasteiger partial charge >= 0.3 is 0 Å². The highest BCUT2D eigenvalue weighted by molar-refractivity contribution is 6.21. The van der Waals surface area contributed by atoms with Crippen LogP contribution in [0.25, 0.3) is 12.2 Å². The van der Waals surface area contributed by atoms with E-state index >= 15 is 0 Å². The predicted octanol–water partition coefficient (Wildman–Crippen LogP) is 3.36. The topological polar surface area (TPSA) is 83.6 Å². The van der Waals surface area contributed by atoms with Crippen molar-refractivity contribution in [3.63, 3.8) is 0 Å². The maximum atomic E-state index is 10.2. The molecule has 0 unspecified atom stereocenters. The van der Waals surface area contributed by atoms with Crippen LogP contribution in [0.4, 0.5) is 0 Å². The minimum absolute atomic E-state index is 0.0817. The van der Waals surface area contributed by atoms with E-state index in [1.165, 1.54) is 12.1 Å². The van der Waals surface area contributed by atoms with Crippen molar-refractivity contribution in [2.45, 2.75) is 0 Å². The first-order chi connectivity index (χ1) is 12.6. The van der Waals surface area contributed by atoms with E-state index in [1.54, 1.807) is 26.4 Å². The van der Waals surface area contributed by atoms with E-state index in [1.807, 2.05) is 24.3 Å². The lowest BCUT2D eigenvalue weighted by Gasteiger charge is -2.07. The molecule has 0 fully saturated rings. The number of methoxy groups -OCH3 is 2. The molecule has 2 aromatic rings. The highest BCUT2D eigenvalue weighted by Gasteiger charge is 2.20. The molecule has 0 saturated carbocycles. The molecule has 2 aliphatic rings. The summed E-state index contributed by atoms with van der Waals surface area (Å²) in [5.41, 5.74) is 3.93. The number of fused-ring (bicyclic) bond motifs is 2. The van der Waals surface area contributed by atoms with Crippen molar-refractivity contribution in [3.05, 3.63) is 58.7 Å². The van der Waals surface area contributed by atoms with Crippen LogP contribution in [0.5, 0.6) is 23.0 Å². The van der Waals surface area contributed by atoms with Gasteiger partial charge in [-0.15, -0.1) is 10.2 Å². The van der Waals surface area contributed by atoms with Crippen molar-refractivity contribution in [1.82, 2.24) is 0 Å². The number of ether oxygens (including phenoxy) is 2. The SMILES string of the molecule is COc1cc(O)c2c(c1)C=C/C2=N\N=C1/C=Cc2cc(OC)cc(O)c21. The molecule has 6 heteroatoms. The zero-order valence-electron chi connectivity index (χ0n) is 14.2. The quantitative estimate of drug-likeness (QED) is 0.833. The lowest BCUT2D eigenvalue weighted by molar-refractivity contribution is 0.407. The van der Waals surface area contributed by atoms with Gasteiger partial charge in [0, 0.05) is 12.1 Å². The smallest absolute Gasteiger partial charge is 0.129 e. The predicted molar refractivity (Wildman–Crippen MR) is 100 cm³/mol. The van der Waals surface area contributed by atoms with Crippen LogP contribution in [0.3, 0.4) is 0 Å². The summed E-state index contributed by atoms with van der Waals surface area (Å²) in [4.78, 5) is 0. The van der Waals surface area contributed by atoms with Crippen LogP contribution < -0.4 is 9.47 Å². The Hall–Kier alpha value is -3.54. The highest BCUT2D eigenvalue weighted by atomic mass is 16.5. The minimum atomic E-state index is 0.0817. The zero-order chi connectivity index (χ0) is 18.3. The Morgan fingerprint density at radius 3 is 1.46 bits per heavy atom. The Morgan fingerprint density at radius 2 is 1.08 bits per heavy atom. The van der Waals surface area contributed by atoms with Crippen molar-refractivity contribution >= 4 is 23.6 Å². The Labute approximate surface area is 150 Å². The van der Waals surface area contributed by atoms with Gasteiger partial charge in [0.25, 0.3) is 0 Å². The minimum Gasteiger partial charge on any atom is -0.507 e. The molecule has 4 rings (SSSR count). The van der Waals surface area contributed by atoms with Gasteiger partial charge in [0.1, 0.15) is 23.0 Å². The largest absolute Gasteiger partial charge is 0.507 e. The molecule has 0 heterocycles. The molecule has 0 spiro atoms. The summed E-state index contributed by atoms with van der Waals surface area (Å²) in [6.07, 6.45) is 7.25. The molecule has 0 saturated heterocycles. The van der Waals surface area contributed by atoms with E-state index in [0.29, 0.717) is 34.0 Å². The van der Waals surface area contributed by atoms with Gasteiger partial charge in [-0.25, -0.2) is 0 Å². The third-order valence-electron chi connectivity index (χ3n) is 4.33. The van der Waals surface area contributed by atoms with Gasteiger partial charge in [-0.2, -0.15) is 0 Å². The third-order valence-corrected chi connectivity index (χ3v) is 4.33. The average Bonchev–Trinajstić information content (AvgIpc) is 3.24. The maximum Gasteiger partial charge on any atom is 0.129 e. The Morgan fingerprint density at radius 1 is 0.654 bits per heavy atom. The number of phenols is 2. The first-order valence-electron chi connectivity index (χ1n) is 7.95. The average molecular weight is 348 g/mol. The Balaban J connectivity index is 1.73. The summed E-state index contributed by atoms with van der Waals surface area (Å²) in [6.45, 7) is 0. The number of benzene rings is 2. The van der Waals surface area contributed by atoms with Crippen molar-refractivity contribution in [3.8, 4) is 23.0 Å². The maximum absolute atomic E-state index is 10.2. The number of allylic oxidation sites excluding steroid dienone is 2. The third kappa shape index (κ3) is 2.52. The van der Waals surface area contributed by atoms with Crippen molar-refractivity contribution in [2.24, 2.45) is 10.2 Å². The van der Waals surface area contributed by atoms with Crippen molar-refractivity contribution < 1.29 is 19.7 Å². The van der Waals surface area contributed by atoms with E-state index < -0.39 is 0 Å². The van der Waals surface area contributed by atoms with E-state index in [2.05, 4.69) is 10.2 Å². The van der Waals surface area contributed by atoms with Crippen LogP contribution in [0.2, 0.25) is 0 Å². The monoisotopic (exact) mass is 348 g/mol. The summed E-state index contributed by atoms with van der Waals surface area (Å²) < 4.78 is 10.3. The van der Waals surface area contributed by atoms with Gasteiger partial charge < -0.3 is 19.7 Å². The van der Waals surface area contributed by atoms with E-state index in [9.17, 15) is 10.2 Å². The summed E-state index contributed by atoms with van der Waals surface area (Å²) in [7, 11) is 3.10. The summed E-state index contributed by atoms with van der Waals surface area (Å²) in [5, 5.41) is 29.0. The van der Waals surface area contributed by atoms with Crippen molar-refractivity contribution in [1.29, 1.82) is 0 Å². The lowest BCUT2D eigenvalue weighted by Crippen LogP contribution is -1.99. The molecule has 2 aromatic carbocycles. The number of hydrogen-bond acceptors (Lipinski definition) is 6. The number of rotatable bonds is 3. The zero-order valence-corrected chi connectivity index (χ0v) is 14.2. The summed E-state index contributed by atoms with van der Waals surface area (Å²) >= 11 is 0.